The molecule has 0 radical (unpaired) electrons. The van der Waals surface area contributed by atoms with Crippen LogP contribution in [0.5, 0.6) is 0 Å². The van der Waals surface area contributed by atoms with Gasteiger partial charge >= 0.3 is 0 Å². The number of benzene rings is 2. The molecule has 12 heteroatoms. The molecule has 0 saturated carbocycles. The Balaban J connectivity index is 1.05. The summed E-state index contributed by atoms with van der Waals surface area (Å²) in [5.74, 6) is -1.02. The summed E-state index contributed by atoms with van der Waals surface area (Å²) in [6.07, 6.45) is 0. The standard InChI is InChI=1S/C32H40N4O8/c37-29-25-5-1-2-6-26(25)30(38)35(29)11-9-33-13-17-41-21-23-43-19-15-34(16-20-44-24-22-42-18-14-33)10-12-36-31(39)27-7-3-4-8-28(27)32(36)40/h1-8H,9-24H2. The molecule has 12 nitrogen and oxygen atoms in total. The largest absolute Gasteiger partial charge is 0.378 e. The van der Waals surface area contributed by atoms with Gasteiger partial charge in [0, 0.05) is 52.4 Å². The van der Waals surface area contributed by atoms with Gasteiger partial charge in [-0.3, -0.25) is 38.8 Å². The lowest BCUT2D eigenvalue weighted by Crippen LogP contribution is -2.41. The van der Waals surface area contributed by atoms with Gasteiger partial charge in [0.25, 0.3) is 23.6 Å². The fourth-order valence-corrected chi connectivity index (χ4v) is 5.46. The van der Waals surface area contributed by atoms with E-state index in [9.17, 15) is 19.2 Å². The van der Waals surface area contributed by atoms with E-state index in [4.69, 9.17) is 18.9 Å². The van der Waals surface area contributed by atoms with E-state index in [-0.39, 0.29) is 23.6 Å². The maximum Gasteiger partial charge on any atom is 0.261 e. The van der Waals surface area contributed by atoms with Gasteiger partial charge in [0.05, 0.1) is 75.1 Å². The van der Waals surface area contributed by atoms with E-state index in [1.54, 1.807) is 48.5 Å². The topological polar surface area (TPSA) is 118 Å². The Hall–Kier alpha value is -3.52. The van der Waals surface area contributed by atoms with Crippen LogP contribution in [0.2, 0.25) is 0 Å². The van der Waals surface area contributed by atoms with E-state index in [1.807, 2.05) is 0 Å². The summed E-state index contributed by atoms with van der Waals surface area (Å²) < 4.78 is 23.2. The first kappa shape index (κ1) is 31.9. The van der Waals surface area contributed by atoms with Crippen molar-refractivity contribution in [3.63, 3.8) is 0 Å². The number of imide groups is 2. The van der Waals surface area contributed by atoms with Crippen molar-refractivity contribution in [1.29, 1.82) is 0 Å². The summed E-state index contributed by atoms with van der Waals surface area (Å²) in [6, 6.07) is 13.8. The summed E-state index contributed by atoms with van der Waals surface area (Å²) in [4.78, 5) is 57.8. The fourth-order valence-electron chi connectivity index (χ4n) is 5.46. The predicted octanol–water partition coefficient (Wildman–Crippen LogP) is 1.26. The van der Waals surface area contributed by atoms with Gasteiger partial charge in [-0.15, -0.1) is 0 Å². The number of carbonyl (C=O) groups excluding carboxylic acids is 4. The van der Waals surface area contributed by atoms with E-state index >= 15 is 0 Å². The lowest BCUT2D eigenvalue weighted by atomic mass is 10.1. The lowest BCUT2D eigenvalue weighted by Gasteiger charge is -2.25. The van der Waals surface area contributed by atoms with Gasteiger partial charge in [0.2, 0.25) is 0 Å². The molecule has 3 aliphatic heterocycles. The Morgan fingerprint density at radius 1 is 0.409 bits per heavy atom. The highest BCUT2D eigenvalue weighted by atomic mass is 16.5. The maximum atomic E-state index is 12.7. The van der Waals surface area contributed by atoms with Gasteiger partial charge in [0.15, 0.2) is 0 Å². The van der Waals surface area contributed by atoms with Crippen molar-refractivity contribution in [3.05, 3.63) is 70.8 Å². The molecular weight excluding hydrogens is 568 g/mol. The molecule has 3 heterocycles. The second-order valence-electron chi connectivity index (χ2n) is 10.7. The van der Waals surface area contributed by atoms with Gasteiger partial charge < -0.3 is 18.9 Å². The van der Waals surface area contributed by atoms with Crippen molar-refractivity contribution in [2.75, 3.05) is 105 Å². The summed E-state index contributed by atoms with van der Waals surface area (Å²) in [5, 5.41) is 0. The molecular formula is C32H40N4O8. The van der Waals surface area contributed by atoms with Crippen LogP contribution in [-0.4, -0.2) is 148 Å². The molecule has 0 atom stereocenters. The first-order valence-corrected chi connectivity index (χ1v) is 15.2. The molecule has 5 rings (SSSR count). The lowest BCUT2D eigenvalue weighted by molar-refractivity contribution is 0.00662. The molecule has 1 fully saturated rings. The first-order chi connectivity index (χ1) is 21.5. The van der Waals surface area contributed by atoms with Crippen molar-refractivity contribution < 1.29 is 38.1 Å². The number of ether oxygens (including phenoxy) is 4. The van der Waals surface area contributed by atoms with Crippen LogP contribution < -0.4 is 0 Å². The Morgan fingerprint density at radius 3 is 0.955 bits per heavy atom. The average Bonchev–Trinajstić information content (AvgIpc) is 3.43. The van der Waals surface area contributed by atoms with E-state index in [1.165, 1.54) is 9.80 Å². The molecule has 2 aromatic carbocycles. The zero-order valence-electron chi connectivity index (χ0n) is 25.0. The van der Waals surface area contributed by atoms with E-state index < -0.39 is 0 Å². The minimum Gasteiger partial charge on any atom is -0.378 e. The number of rotatable bonds is 6. The van der Waals surface area contributed by atoms with Crippen molar-refractivity contribution in [1.82, 2.24) is 19.6 Å². The van der Waals surface area contributed by atoms with Gasteiger partial charge in [-0.2, -0.15) is 0 Å². The molecule has 3 aliphatic rings. The zero-order valence-corrected chi connectivity index (χ0v) is 25.0. The van der Waals surface area contributed by atoms with Crippen LogP contribution in [0.4, 0.5) is 0 Å². The smallest absolute Gasteiger partial charge is 0.261 e. The Bertz CT molecular complexity index is 1130. The monoisotopic (exact) mass is 608 g/mol. The highest BCUT2D eigenvalue weighted by molar-refractivity contribution is 6.22. The van der Waals surface area contributed by atoms with E-state index in [0.717, 1.165) is 0 Å². The quantitative estimate of drug-likeness (QED) is 0.444. The van der Waals surface area contributed by atoms with Gasteiger partial charge in [0.1, 0.15) is 0 Å². The molecule has 0 aromatic heterocycles. The van der Waals surface area contributed by atoms with Crippen LogP contribution in [0.15, 0.2) is 48.5 Å². The van der Waals surface area contributed by atoms with Crippen LogP contribution in [-0.2, 0) is 18.9 Å². The number of amides is 4. The van der Waals surface area contributed by atoms with Crippen LogP contribution in [0.3, 0.4) is 0 Å². The van der Waals surface area contributed by atoms with E-state index in [2.05, 4.69) is 9.80 Å². The molecule has 1 saturated heterocycles. The summed E-state index contributed by atoms with van der Waals surface area (Å²) in [6.45, 7) is 7.72. The van der Waals surface area contributed by atoms with E-state index in [0.29, 0.717) is 127 Å². The van der Waals surface area contributed by atoms with Crippen molar-refractivity contribution in [2.45, 2.75) is 0 Å². The third-order valence-corrected chi connectivity index (χ3v) is 7.99. The van der Waals surface area contributed by atoms with Crippen LogP contribution in [0.1, 0.15) is 41.4 Å². The molecule has 0 spiro atoms. The SMILES string of the molecule is O=C1c2ccccc2C(=O)N1CCN1CCOCCOCCN(CCN2C(=O)c3ccccc3C2=O)CCOCCOCC1. The molecule has 0 N–H and O–H groups in total. The Kier molecular flexibility index (Phi) is 11.6. The molecule has 0 unspecified atom stereocenters. The zero-order chi connectivity index (χ0) is 30.7. The molecule has 2 aromatic rings. The minimum atomic E-state index is -0.254. The highest BCUT2D eigenvalue weighted by Crippen LogP contribution is 2.23. The van der Waals surface area contributed by atoms with Crippen LogP contribution in [0, 0.1) is 0 Å². The molecule has 0 bridgehead atoms. The Morgan fingerprint density at radius 2 is 0.682 bits per heavy atom. The predicted molar refractivity (Wildman–Crippen MR) is 160 cm³/mol. The third kappa shape index (κ3) is 7.95. The second-order valence-corrected chi connectivity index (χ2v) is 10.7. The summed E-state index contributed by atoms with van der Waals surface area (Å²) in [7, 11) is 0. The number of hydrogen-bond acceptors (Lipinski definition) is 10. The van der Waals surface area contributed by atoms with Crippen molar-refractivity contribution in [3.8, 4) is 0 Å². The second kappa shape index (κ2) is 16.0. The Labute approximate surface area is 257 Å². The summed E-state index contributed by atoms with van der Waals surface area (Å²) >= 11 is 0. The van der Waals surface area contributed by atoms with Crippen molar-refractivity contribution >= 4 is 23.6 Å². The molecule has 0 aliphatic carbocycles. The number of fused-ring (bicyclic) bond motifs is 2. The number of nitrogens with zero attached hydrogens (tertiary/aromatic N) is 4. The van der Waals surface area contributed by atoms with Gasteiger partial charge in [-0.25, -0.2) is 0 Å². The van der Waals surface area contributed by atoms with Crippen LogP contribution in [0.25, 0.3) is 0 Å². The average molecular weight is 609 g/mol. The third-order valence-electron chi connectivity index (χ3n) is 7.99. The number of hydrogen-bond donors (Lipinski definition) is 0. The first-order valence-electron chi connectivity index (χ1n) is 15.2. The van der Waals surface area contributed by atoms with Crippen LogP contribution >= 0.6 is 0 Å². The molecule has 44 heavy (non-hydrogen) atoms. The molecule has 4 amide bonds. The normalized spacial score (nSPS) is 20.5. The molecule has 236 valence electrons. The summed E-state index contributed by atoms with van der Waals surface area (Å²) in [5.41, 5.74) is 1.81. The maximum absolute atomic E-state index is 12.7. The highest BCUT2D eigenvalue weighted by Gasteiger charge is 2.36. The van der Waals surface area contributed by atoms with Gasteiger partial charge in [-0.05, 0) is 24.3 Å². The van der Waals surface area contributed by atoms with Crippen molar-refractivity contribution in [2.24, 2.45) is 0 Å². The minimum absolute atomic E-state index is 0.254. The fraction of sp³-hybridized carbons (Fsp3) is 0.500. The van der Waals surface area contributed by atoms with Gasteiger partial charge in [-0.1, -0.05) is 24.3 Å². The number of carbonyl (C=O) groups is 4.